The molecule has 1 aliphatic heterocycles. The number of pyridine rings is 1. The Bertz CT molecular complexity index is 1310. The van der Waals surface area contributed by atoms with Crippen molar-refractivity contribution in [1.29, 1.82) is 5.26 Å². The molecule has 158 valence electrons. The van der Waals surface area contributed by atoms with E-state index in [0.717, 1.165) is 11.1 Å². The first-order valence-electron chi connectivity index (χ1n) is 9.74. The van der Waals surface area contributed by atoms with Gasteiger partial charge in [0.15, 0.2) is 0 Å². The zero-order chi connectivity index (χ0) is 22.7. The van der Waals surface area contributed by atoms with Gasteiger partial charge in [0.05, 0.1) is 21.4 Å². The number of benzene rings is 2. The lowest BCUT2D eigenvalue weighted by molar-refractivity contribution is -0.145. The molecule has 32 heavy (non-hydrogen) atoms. The molecule has 0 spiro atoms. The van der Waals surface area contributed by atoms with Gasteiger partial charge in [0.25, 0.3) is 0 Å². The number of ether oxygens (including phenoxy) is 1. The number of rotatable bonds is 6. The lowest BCUT2D eigenvalue weighted by atomic mass is 9.99. The predicted octanol–water partition coefficient (Wildman–Crippen LogP) is 4.75. The molecule has 0 saturated carbocycles. The molecule has 0 fully saturated rings. The van der Waals surface area contributed by atoms with Crippen LogP contribution in [-0.2, 0) is 15.6 Å². The van der Waals surface area contributed by atoms with E-state index in [1.807, 2.05) is 31.2 Å². The summed E-state index contributed by atoms with van der Waals surface area (Å²) in [6.45, 7) is 1.96. The normalized spacial score (nSPS) is 15.6. The summed E-state index contributed by atoms with van der Waals surface area (Å²) in [5.74, 6) is -1.34. The number of nitrogens with zero attached hydrogens (tertiary/aromatic N) is 2. The van der Waals surface area contributed by atoms with Gasteiger partial charge in [-0.1, -0.05) is 66.2 Å². The Morgan fingerprint density at radius 3 is 2.47 bits per heavy atom. The number of allylic oxidation sites excluding steroid dienone is 2. The van der Waals surface area contributed by atoms with E-state index in [-0.39, 0.29) is 11.4 Å². The maximum atomic E-state index is 12.4. The van der Waals surface area contributed by atoms with E-state index in [2.05, 4.69) is 11.1 Å². The van der Waals surface area contributed by atoms with Gasteiger partial charge in [0, 0.05) is 16.5 Å². The third-order valence-electron chi connectivity index (χ3n) is 4.94. The molecule has 2 heterocycles. The number of carboxylic acid groups (broad SMARTS) is 1. The third kappa shape index (κ3) is 4.22. The molecule has 0 amide bonds. The number of nitriles is 1. The zero-order valence-electron chi connectivity index (χ0n) is 17.1. The van der Waals surface area contributed by atoms with Crippen molar-refractivity contribution in [3.63, 3.8) is 0 Å². The summed E-state index contributed by atoms with van der Waals surface area (Å²) in [5, 5.41) is 21.3. The second kappa shape index (κ2) is 9.00. The predicted molar refractivity (Wildman–Crippen MR) is 122 cm³/mol. The smallest absolute Gasteiger partial charge is 0.349 e. The highest BCUT2D eigenvalue weighted by molar-refractivity contribution is 7.97. The summed E-state index contributed by atoms with van der Waals surface area (Å²) >= 11 is 0. The van der Waals surface area contributed by atoms with E-state index in [4.69, 9.17) is 4.74 Å². The average molecular weight is 442 g/mol. The second-order valence-electron chi connectivity index (χ2n) is 7.12. The molecule has 7 heteroatoms. The molecule has 0 radical (unpaired) electrons. The maximum absolute atomic E-state index is 12.4. The minimum Gasteiger partial charge on any atom is -0.478 e. The van der Waals surface area contributed by atoms with Crippen LogP contribution < -0.4 is 4.74 Å². The fourth-order valence-corrected chi connectivity index (χ4v) is 4.22. The van der Waals surface area contributed by atoms with Gasteiger partial charge in [-0.05, 0) is 24.6 Å². The molecule has 0 bridgehead atoms. The van der Waals surface area contributed by atoms with Crippen LogP contribution in [0.15, 0.2) is 78.2 Å². The van der Waals surface area contributed by atoms with Crippen molar-refractivity contribution in [3.8, 4) is 23.1 Å². The molecule has 4 rings (SSSR count). The zero-order valence-corrected chi connectivity index (χ0v) is 17.9. The molecule has 3 aromatic rings. The fraction of sp³-hybridized carbons (Fsp3) is 0.0800. The summed E-state index contributed by atoms with van der Waals surface area (Å²) in [5.41, 5.74) is 3.20. The van der Waals surface area contributed by atoms with Gasteiger partial charge in [0.2, 0.25) is 12.0 Å². The maximum Gasteiger partial charge on any atom is 0.349 e. The van der Waals surface area contributed by atoms with Crippen molar-refractivity contribution in [2.75, 3.05) is 0 Å². The number of hydrogen-bond donors (Lipinski definition) is 1. The minimum absolute atomic E-state index is 0.108. The van der Waals surface area contributed by atoms with Crippen LogP contribution in [0.2, 0.25) is 0 Å². The number of aryl methyl sites for hydroxylation is 1. The van der Waals surface area contributed by atoms with Crippen molar-refractivity contribution in [2.24, 2.45) is 0 Å². The van der Waals surface area contributed by atoms with E-state index in [1.165, 1.54) is 5.41 Å². The van der Waals surface area contributed by atoms with Gasteiger partial charge >= 0.3 is 5.97 Å². The first kappa shape index (κ1) is 21.2. The van der Waals surface area contributed by atoms with Crippen LogP contribution in [0.25, 0.3) is 16.0 Å². The summed E-state index contributed by atoms with van der Waals surface area (Å²) in [4.78, 5) is 16.9. The van der Waals surface area contributed by atoms with Gasteiger partial charge in [-0.25, -0.2) is 14.0 Å². The molecular formula is C25H18N2O4S. The molecule has 1 aliphatic rings. The summed E-state index contributed by atoms with van der Waals surface area (Å²) in [6, 6.07) is 19.8. The molecule has 2 unspecified atom stereocenters. The topological polar surface area (TPSA) is 100 Å². The minimum atomic E-state index is -1.39. The Kier molecular flexibility index (Phi) is 5.97. The summed E-state index contributed by atoms with van der Waals surface area (Å²) < 4.78 is 18.2. The molecule has 1 N–H and O–H groups in total. The van der Waals surface area contributed by atoms with Gasteiger partial charge in [-0.15, -0.1) is 0 Å². The van der Waals surface area contributed by atoms with Crippen molar-refractivity contribution >= 4 is 21.7 Å². The van der Waals surface area contributed by atoms with E-state index in [0.29, 0.717) is 21.7 Å². The highest BCUT2D eigenvalue weighted by Gasteiger charge is 2.27. The standard InChI is InChI=1S/C25H18N2O4S/c1-16-9-11-17(12-10-16)19-14-21(22-8-5-13-32(22)30)27-24(20(19)15-26)31-23(25(28)29)18-6-3-2-4-7-18/h2-14,23H,1H3,(H,28,29). The Morgan fingerprint density at radius 1 is 1.16 bits per heavy atom. The lowest BCUT2D eigenvalue weighted by Crippen LogP contribution is -2.19. The van der Waals surface area contributed by atoms with E-state index in [9.17, 15) is 19.4 Å². The molecule has 6 nitrogen and oxygen atoms in total. The number of carbonyl (C=O) groups is 1. The van der Waals surface area contributed by atoms with Crippen LogP contribution in [0.4, 0.5) is 0 Å². The number of hydrogen-bond acceptors (Lipinski definition) is 5. The largest absolute Gasteiger partial charge is 0.478 e. The first-order chi connectivity index (χ1) is 15.5. The van der Waals surface area contributed by atoms with Gasteiger partial charge in [-0.3, -0.25) is 0 Å². The van der Waals surface area contributed by atoms with E-state index >= 15 is 0 Å². The number of carboxylic acids is 1. The van der Waals surface area contributed by atoms with Crippen LogP contribution in [0.5, 0.6) is 5.88 Å². The fourth-order valence-electron chi connectivity index (χ4n) is 3.33. The van der Waals surface area contributed by atoms with Gasteiger partial charge < -0.3 is 9.84 Å². The van der Waals surface area contributed by atoms with Crippen LogP contribution >= 0.6 is 0 Å². The van der Waals surface area contributed by atoms with Crippen molar-refractivity contribution in [2.45, 2.75) is 13.0 Å². The number of aromatic nitrogens is 1. The van der Waals surface area contributed by atoms with Crippen LogP contribution in [0.3, 0.4) is 0 Å². The quantitative estimate of drug-likeness (QED) is 0.591. The Balaban J connectivity index is 1.89. The lowest BCUT2D eigenvalue weighted by Gasteiger charge is -2.18. The molecule has 2 aromatic carbocycles. The Morgan fingerprint density at radius 2 is 1.88 bits per heavy atom. The summed E-state index contributed by atoms with van der Waals surface area (Å²) in [7, 11) is -1.39. The number of aliphatic carboxylic acids is 1. The SMILES string of the molecule is Cc1ccc(-c2cc(C3=CC=CS3=O)nc(OC(C(=O)O)c3ccccc3)c2C#N)cc1. The van der Waals surface area contributed by atoms with E-state index in [1.54, 1.807) is 48.6 Å². The van der Waals surface area contributed by atoms with Crippen molar-refractivity contribution < 1.29 is 18.8 Å². The third-order valence-corrected chi connectivity index (χ3v) is 6.12. The Labute approximate surface area is 187 Å². The summed E-state index contributed by atoms with van der Waals surface area (Å²) in [6.07, 6.45) is 1.98. The molecule has 2 atom stereocenters. The van der Waals surface area contributed by atoms with Gasteiger partial charge in [-0.2, -0.15) is 5.26 Å². The van der Waals surface area contributed by atoms with E-state index < -0.39 is 22.9 Å². The second-order valence-corrected chi connectivity index (χ2v) is 8.42. The highest BCUT2D eigenvalue weighted by atomic mass is 32.2. The molecule has 0 aliphatic carbocycles. The van der Waals surface area contributed by atoms with Crippen molar-refractivity contribution in [1.82, 2.24) is 4.98 Å². The molecular weight excluding hydrogens is 424 g/mol. The molecule has 0 saturated heterocycles. The van der Waals surface area contributed by atoms with Crippen LogP contribution in [-0.4, -0.2) is 20.3 Å². The van der Waals surface area contributed by atoms with Gasteiger partial charge in [0.1, 0.15) is 11.6 Å². The van der Waals surface area contributed by atoms with Crippen molar-refractivity contribution in [3.05, 3.63) is 101 Å². The molecule has 1 aromatic heterocycles. The van der Waals surface area contributed by atoms with Crippen LogP contribution in [0.1, 0.15) is 28.5 Å². The average Bonchev–Trinajstić information content (AvgIpc) is 3.23. The monoisotopic (exact) mass is 442 g/mol. The Hall–Kier alpha value is -4.02. The first-order valence-corrected chi connectivity index (χ1v) is 10.9. The highest BCUT2D eigenvalue weighted by Crippen LogP contribution is 2.36. The van der Waals surface area contributed by atoms with Crippen LogP contribution in [0, 0.1) is 18.3 Å².